The van der Waals surface area contributed by atoms with Gasteiger partial charge in [-0.15, -0.1) is 0 Å². The van der Waals surface area contributed by atoms with E-state index in [0.29, 0.717) is 12.0 Å². The summed E-state index contributed by atoms with van der Waals surface area (Å²) in [5.74, 6) is 0.389. The first-order valence-electron chi connectivity index (χ1n) is 7.64. The first kappa shape index (κ1) is 15.3. The Bertz CT molecular complexity index is 472. The number of benzene rings is 1. The fourth-order valence-electron chi connectivity index (χ4n) is 2.95. The summed E-state index contributed by atoms with van der Waals surface area (Å²) in [6.45, 7) is 12.5. The molecular formula is C17H27FN2. The number of anilines is 1. The Morgan fingerprint density at radius 1 is 1.45 bits per heavy atom. The van der Waals surface area contributed by atoms with Crippen molar-refractivity contribution in [3.05, 3.63) is 29.6 Å². The summed E-state index contributed by atoms with van der Waals surface area (Å²) in [4.78, 5) is 2.26. The van der Waals surface area contributed by atoms with E-state index in [4.69, 9.17) is 0 Å². The molecule has 1 fully saturated rings. The third-order valence-electron chi connectivity index (χ3n) is 4.62. The Hall–Kier alpha value is -1.09. The fraction of sp³-hybridized carbons (Fsp3) is 0.647. The number of rotatable bonds is 3. The van der Waals surface area contributed by atoms with Gasteiger partial charge in [-0.3, -0.25) is 0 Å². The lowest BCUT2D eigenvalue weighted by atomic mass is 9.89. The maximum absolute atomic E-state index is 14.4. The predicted molar refractivity (Wildman–Crippen MR) is 83.8 cm³/mol. The lowest BCUT2D eigenvalue weighted by Gasteiger charge is -2.48. The van der Waals surface area contributed by atoms with Crippen molar-refractivity contribution in [2.45, 2.75) is 52.6 Å². The van der Waals surface area contributed by atoms with Gasteiger partial charge in [0.2, 0.25) is 0 Å². The van der Waals surface area contributed by atoms with Crippen LogP contribution in [0.2, 0.25) is 0 Å². The summed E-state index contributed by atoms with van der Waals surface area (Å²) in [6.07, 6.45) is 1.04. The first-order chi connectivity index (χ1) is 9.36. The van der Waals surface area contributed by atoms with Crippen LogP contribution in [0.5, 0.6) is 0 Å². The van der Waals surface area contributed by atoms with Crippen LogP contribution in [0.15, 0.2) is 18.2 Å². The van der Waals surface area contributed by atoms with Crippen LogP contribution in [0.25, 0.3) is 0 Å². The molecule has 0 aromatic heterocycles. The molecule has 0 amide bonds. The van der Waals surface area contributed by atoms with E-state index in [1.54, 1.807) is 6.07 Å². The van der Waals surface area contributed by atoms with Crippen molar-refractivity contribution in [1.82, 2.24) is 5.32 Å². The molecule has 2 unspecified atom stereocenters. The van der Waals surface area contributed by atoms with Crippen LogP contribution in [-0.2, 0) is 0 Å². The monoisotopic (exact) mass is 278 g/mol. The minimum absolute atomic E-state index is 0.0583. The van der Waals surface area contributed by atoms with Gasteiger partial charge in [-0.05, 0) is 43.9 Å². The standard InChI is InChI=1S/C17H27FN2/c1-6-17(5)11-20(16(10-19-17)12(2)3)15-8-7-13(4)9-14(15)18/h7-9,12,16,19H,6,10-11H2,1-5H3. The zero-order chi connectivity index (χ0) is 14.9. The Morgan fingerprint density at radius 3 is 2.70 bits per heavy atom. The van der Waals surface area contributed by atoms with E-state index in [9.17, 15) is 4.39 Å². The van der Waals surface area contributed by atoms with Crippen LogP contribution in [0.1, 0.15) is 39.7 Å². The molecule has 1 N–H and O–H groups in total. The Kier molecular flexibility index (Phi) is 4.38. The van der Waals surface area contributed by atoms with Gasteiger partial charge in [0, 0.05) is 24.7 Å². The van der Waals surface area contributed by atoms with Gasteiger partial charge in [-0.25, -0.2) is 4.39 Å². The van der Waals surface area contributed by atoms with Crippen LogP contribution in [0.3, 0.4) is 0 Å². The molecule has 2 atom stereocenters. The van der Waals surface area contributed by atoms with Crippen LogP contribution in [0.4, 0.5) is 10.1 Å². The highest BCUT2D eigenvalue weighted by atomic mass is 19.1. The molecule has 2 nitrogen and oxygen atoms in total. The average molecular weight is 278 g/mol. The third-order valence-corrected chi connectivity index (χ3v) is 4.62. The number of piperazine rings is 1. The smallest absolute Gasteiger partial charge is 0.146 e. The molecule has 0 bridgehead atoms. The largest absolute Gasteiger partial charge is 0.363 e. The highest BCUT2D eigenvalue weighted by molar-refractivity contribution is 5.51. The molecule has 1 aliphatic heterocycles. The average Bonchev–Trinajstić information content (AvgIpc) is 2.38. The SMILES string of the molecule is CCC1(C)CN(c2ccc(C)cc2F)C(C(C)C)CN1. The topological polar surface area (TPSA) is 15.3 Å². The second kappa shape index (κ2) is 5.72. The van der Waals surface area contributed by atoms with E-state index < -0.39 is 0 Å². The van der Waals surface area contributed by atoms with Gasteiger partial charge < -0.3 is 10.2 Å². The molecule has 1 heterocycles. The van der Waals surface area contributed by atoms with Gasteiger partial charge in [0.15, 0.2) is 0 Å². The van der Waals surface area contributed by atoms with E-state index in [-0.39, 0.29) is 11.4 Å². The Balaban J connectivity index is 2.36. The van der Waals surface area contributed by atoms with Gasteiger partial charge in [-0.2, -0.15) is 0 Å². The van der Waals surface area contributed by atoms with E-state index in [2.05, 4.69) is 37.9 Å². The molecule has 0 aliphatic carbocycles. The number of aryl methyl sites for hydroxylation is 1. The quantitative estimate of drug-likeness (QED) is 0.906. The van der Waals surface area contributed by atoms with Gasteiger partial charge in [0.05, 0.1) is 5.69 Å². The summed E-state index contributed by atoms with van der Waals surface area (Å²) in [5.41, 5.74) is 1.78. The van der Waals surface area contributed by atoms with Crippen molar-refractivity contribution in [3.63, 3.8) is 0 Å². The number of nitrogens with one attached hydrogen (secondary N) is 1. The van der Waals surface area contributed by atoms with E-state index in [1.165, 1.54) is 0 Å². The number of nitrogens with zero attached hydrogens (tertiary/aromatic N) is 1. The normalized spacial score (nSPS) is 27.1. The van der Waals surface area contributed by atoms with Gasteiger partial charge in [-0.1, -0.05) is 26.8 Å². The molecule has 0 radical (unpaired) electrons. The Morgan fingerprint density at radius 2 is 2.15 bits per heavy atom. The van der Waals surface area contributed by atoms with Gasteiger partial charge in [0.1, 0.15) is 5.82 Å². The third kappa shape index (κ3) is 2.98. The molecule has 1 aliphatic rings. The predicted octanol–water partition coefficient (Wildman–Crippen LogP) is 3.74. The molecule has 112 valence electrons. The molecule has 2 rings (SSSR count). The second-order valence-electron chi connectivity index (χ2n) is 6.69. The number of hydrogen-bond donors (Lipinski definition) is 1. The molecule has 20 heavy (non-hydrogen) atoms. The van der Waals surface area contributed by atoms with Gasteiger partial charge >= 0.3 is 0 Å². The molecule has 0 spiro atoms. The highest BCUT2D eigenvalue weighted by Gasteiger charge is 2.36. The van der Waals surface area contributed by atoms with E-state index >= 15 is 0 Å². The van der Waals surface area contributed by atoms with E-state index in [1.807, 2.05) is 19.1 Å². The molecule has 1 saturated heterocycles. The van der Waals surface area contributed by atoms with E-state index in [0.717, 1.165) is 30.8 Å². The van der Waals surface area contributed by atoms with Crippen LogP contribution in [0, 0.1) is 18.7 Å². The minimum atomic E-state index is -0.101. The number of halogens is 1. The molecule has 1 aromatic carbocycles. The summed E-state index contributed by atoms with van der Waals surface area (Å²) < 4.78 is 14.4. The Labute approximate surface area is 122 Å². The zero-order valence-electron chi connectivity index (χ0n) is 13.3. The van der Waals surface area contributed by atoms with Crippen molar-refractivity contribution < 1.29 is 4.39 Å². The van der Waals surface area contributed by atoms with Crippen LogP contribution < -0.4 is 10.2 Å². The summed E-state index contributed by atoms with van der Waals surface area (Å²) in [5, 5.41) is 3.64. The van der Waals surface area contributed by atoms with Crippen molar-refractivity contribution >= 4 is 5.69 Å². The zero-order valence-corrected chi connectivity index (χ0v) is 13.3. The summed E-state index contributed by atoms with van der Waals surface area (Å²) >= 11 is 0. The van der Waals surface area contributed by atoms with Crippen molar-refractivity contribution in [1.29, 1.82) is 0 Å². The fourth-order valence-corrected chi connectivity index (χ4v) is 2.95. The highest BCUT2D eigenvalue weighted by Crippen LogP contribution is 2.30. The second-order valence-corrected chi connectivity index (χ2v) is 6.69. The van der Waals surface area contributed by atoms with Crippen molar-refractivity contribution in [2.24, 2.45) is 5.92 Å². The number of hydrogen-bond acceptors (Lipinski definition) is 2. The summed E-state index contributed by atoms with van der Waals surface area (Å²) in [7, 11) is 0. The lowest BCUT2D eigenvalue weighted by Crippen LogP contribution is -2.64. The maximum Gasteiger partial charge on any atom is 0.146 e. The molecule has 1 aromatic rings. The van der Waals surface area contributed by atoms with Crippen LogP contribution in [-0.4, -0.2) is 24.7 Å². The minimum Gasteiger partial charge on any atom is -0.363 e. The molecule has 3 heteroatoms. The van der Waals surface area contributed by atoms with Crippen molar-refractivity contribution in [3.8, 4) is 0 Å². The lowest BCUT2D eigenvalue weighted by molar-refractivity contribution is 0.251. The summed E-state index contributed by atoms with van der Waals surface area (Å²) in [6, 6.07) is 5.91. The van der Waals surface area contributed by atoms with Crippen LogP contribution >= 0.6 is 0 Å². The maximum atomic E-state index is 14.4. The molecule has 0 saturated carbocycles. The van der Waals surface area contributed by atoms with Crippen molar-refractivity contribution in [2.75, 3.05) is 18.0 Å². The van der Waals surface area contributed by atoms with Gasteiger partial charge in [0.25, 0.3) is 0 Å². The first-order valence-corrected chi connectivity index (χ1v) is 7.64. The molecular weight excluding hydrogens is 251 g/mol.